The summed E-state index contributed by atoms with van der Waals surface area (Å²) >= 11 is 5.73. The smallest absolute Gasteiger partial charge is 0.287 e. The zero-order valence-corrected chi connectivity index (χ0v) is 11.9. The highest BCUT2D eigenvalue weighted by molar-refractivity contribution is 6.33. The lowest BCUT2D eigenvalue weighted by atomic mass is 10.2. The summed E-state index contributed by atoms with van der Waals surface area (Å²) in [5.41, 5.74) is -0.0102. The van der Waals surface area contributed by atoms with E-state index in [2.05, 4.69) is 10.6 Å². The fraction of sp³-hybridized carbons (Fsp3) is 0.385. The molecular formula is C13H14ClN3O4. The normalized spacial score (nSPS) is 13.6. The molecule has 0 heterocycles. The highest BCUT2D eigenvalue weighted by Gasteiger charge is 2.29. The molecule has 1 aromatic rings. The number of carbonyl (C=O) groups excluding carboxylic acids is 2. The van der Waals surface area contributed by atoms with Crippen LogP contribution in [0, 0.1) is 16.0 Å². The number of nitro benzene ring substituents is 1. The van der Waals surface area contributed by atoms with Crippen LogP contribution in [0.2, 0.25) is 5.02 Å². The van der Waals surface area contributed by atoms with Crippen LogP contribution in [0.15, 0.2) is 18.2 Å². The second kappa shape index (κ2) is 6.53. The second-order valence-corrected chi connectivity index (χ2v) is 5.15. The first kappa shape index (κ1) is 15.2. The zero-order chi connectivity index (χ0) is 15.4. The Balaban J connectivity index is 1.81. The second-order valence-electron chi connectivity index (χ2n) is 4.74. The minimum Gasteiger partial charge on any atom is -0.354 e. The predicted molar refractivity (Wildman–Crippen MR) is 76.2 cm³/mol. The van der Waals surface area contributed by atoms with Crippen molar-refractivity contribution in [3.8, 4) is 0 Å². The van der Waals surface area contributed by atoms with Gasteiger partial charge < -0.3 is 10.6 Å². The van der Waals surface area contributed by atoms with Gasteiger partial charge in [-0.3, -0.25) is 19.7 Å². The molecule has 2 amide bonds. The van der Waals surface area contributed by atoms with Crippen molar-refractivity contribution >= 4 is 29.1 Å². The Kier molecular flexibility index (Phi) is 4.74. The van der Waals surface area contributed by atoms with Crippen LogP contribution >= 0.6 is 11.6 Å². The third-order valence-corrected chi connectivity index (χ3v) is 3.37. The van der Waals surface area contributed by atoms with Crippen molar-refractivity contribution in [2.75, 3.05) is 13.1 Å². The van der Waals surface area contributed by atoms with Crippen molar-refractivity contribution in [1.29, 1.82) is 0 Å². The molecule has 0 spiro atoms. The van der Waals surface area contributed by atoms with Crippen LogP contribution in [-0.2, 0) is 4.79 Å². The number of nitro groups is 1. The maximum Gasteiger partial charge on any atom is 0.287 e. The number of hydrogen-bond donors (Lipinski definition) is 2. The first-order chi connectivity index (χ1) is 9.99. The van der Waals surface area contributed by atoms with E-state index in [4.69, 9.17) is 11.6 Å². The van der Waals surface area contributed by atoms with Gasteiger partial charge in [0.05, 0.1) is 4.92 Å². The lowest BCUT2D eigenvalue weighted by molar-refractivity contribution is -0.384. The van der Waals surface area contributed by atoms with Gasteiger partial charge in [0.1, 0.15) is 5.02 Å². The van der Waals surface area contributed by atoms with Crippen molar-refractivity contribution in [3.05, 3.63) is 38.9 Å². The lowest BCUT2D eigenvalue weighted by Gasteiger charge is -2.07. The Labute approximate surface area is 125 Å². The van der Waals surface area contributed by atoms with E-state index in [0.29, 0.717) is 6.54 Å². The summed E-state index contributed by atoms with van der Waals surface area (Å²) in [6.45, 7) is 0.633. The van der Waals surface area contributed by atoms with E-state index in [1.54, 1.807) is 0 Å². The maximum atomic E-state index is 11.8. The van der Waals surface area contributed by atoms with E-state index in [9.17, 15) is 19.7 Å². The number of hydrogen-bond acceptors (Lipinski definition) is 4. The third-order valence-electron chi connectivity index (χ3n) is 3.06. The standard InChI is InChI=1S/C13H14ClN3O4/c14-10-7-9(3-4-11(10)17(20)21)13(19)16-6-5-15-12(18)8-1-2-8/h3-4,7-8H,1-2,5-6H2,(H,15,18)(H,16,19). The number of nitrogens with one attached hydrogen (secondary N) is 2. The van der Waals surface area contributed by atoms with Gasteiger partial charge in [-0.2, -0.15) is 0 Å². The van der Waals surface area contributed by atoms with Crippen LogP contribution in [-0.4, -0.2) is 29.8 Å². The number of rotatable bonds is 6. The van der Waals surface area contributed by atoms with Gasteiger partial charge in [-0.1, -0.05) is 11.6 Å². The minimum atomic E-state index is -0.614. The van der Waals surface area contributed by atoms with Crippen molar-refractivity contribution in [3.63, 3.8) is 0 Å². The van der Waals surface area contributed by atoms with Gasteiger partial charge in [-0.15, -0.1) is 0 Å². The first-order valence-electron chi connectivity index (χ1n) is 6.49. The van der Waals surface area contributed by atoms with Gasteiger partial charge in [-0.25, -0.2) is 0 Å². The molecule has 21 heavy (non-hydrogen) atoms. The third kappa shape index (κ3) is 4.16. The molecule has 0 radical (unpaired) electrons. The van der Waals surface area contributed by atoms with Crippen LogP contribution in [0.1, 0.15) is 23.2 Å². The highest BCUT2D eigenvalue weighted by Crippen LogP contribution is 2.28. The van der Waals surface area contributed by atoms with E-state index >= 15 is 0 Å². The molecule has 0 aliphatic heterocycles. The van der Waals surface area contributed by atoms with Crippen molar-refractivity contribution in [1.82, 2.24) is 10.6 Å². The van der Waals surface area contributed by atoms with Crippen LogP contribution in [0.25, 0.3) is 0 Å². The molecule has 8 heteroatoms. The van der Waals surface area contributed by atoms with Crippen LogP contribution in [0.3, 0.4) is 0 Å². The average Bonchev–Trinajstić information content (AvgIpc) is 3.27. The molecule has 1 aliphatic rings. The van der Waals surface area contributed by atoms with Gasteiger partial charge >= 0.3 is 0 Å². The molecule has 2 rings (SSSR count). The van der Waals surface area contributed by atoms with Gasteiger partial charge in [0.2, 0.25) is 5.91 Å². The van der Waals surface area contributed by atoms with E-state index in [0.717, 1.165) is 12.8 Å². The summed E-state index contributed by atoms with van der Waals surface area (Å²) in [5.74, 6) is -0.246. The Morgan fingerprint density at radius 3 is 2.52 bits per heavy atom. The molecule has 1 saturated carbocycles. The predicted octanol–water partition coefficient (Wildman–Crippen LogP) is 1.50. The Morgan fingerprint density at radius 1 is 1.29 bits per heavy atom. The molecule has 0 saturated heterocycles. The summed E-state index contributed by atoms with van der Waals surface area (Å²) in [5, 5.41) is 15.9. The van der Waals surface area contributed by atoms with E-state index in [1.165, 1.54) is 18.2 Å². The minimum absolute atomic E-state index is 0.0163. The van der Waals surface area contributed by atoms with Crippen LogP contribution in [0.5, 0.6) is 0 Å². The Bertz CT molecular complexity index is 587. The Hall–Kier alpha value is -2.15. The summed E-state index contributed by atoms with van der Waals surface area (Å²) < 4.78 is 0. The van der Waals surface area contributed by atoms with E-state index in [1.807, 2.05) is 0 Å². The molecule has 0 atom stereocenters. The number of amides is 2. The maximum absolute atomic E-state index is 11.8. The Morgan fingerprint density at radius 2 is 1.95 bits per heavy atom. The lowest BCUT2D eigenvalue weighted by Crippen LogP contribution is -2.35. The van der Waals surface area contributed by atoms with Crippen LogP contribution < -0.4 is 10.6 Å². The molecule has 112 valence electrons. The van der Waals surface area contributed by atoms with Gasteiger partial charge in [0, 0.05) is 30.6 Å². The van der Waals surface area contributed by atoms with Gasteiger partial charge in [0.15, 0.2) is 0 Å². The number of halogens is 1. The van der Waals surface area contributed by atoms with Crippen LogP contribution in [0.4, 0.5) is 5.69 Å². The summed E-state index contributed by atoms with van der Waals surface area (Å²) in [7, 11) is 0. The van der Waals surface area contributed by atoms with E-state index < -0.39 is 10.8 Å². The highest BCUT2D eigenvalue weighted by atomic mass is 35.5. The van der Waals surface area contributed by atoms with Crippen molar-refractivity contribution in [2.24, 2.45) is 5.92 Å². The molecule has 1 aliphatic carbocycles. The van der Waals surface area contributed by atoms with Gasteiger partial charge in [0.25, 0.3) is 11.6 Å². The molecule has 0 bridgehead atoms. The molecule has 7 nitrogen and oxygen atoms in total. The number of carbonyl (C=O) groups is 2. The fourth-order valence-electron chi connectivity index (χ4n) is 1.75. The number of nitrogens with zero attached hydrogens (tertiary/aromatic N) is 1. The fourth-order valence-corrected chi connectivity index (χ4v) is 2.00. The molecule has 1 fully saturated rings. The topological polar surface area (TPSA) is 101 Å². The SMILES string of the molecule is O=C(NCCNC(=O)C1CC1)c1ccc([N+](=O)[O-])c(Cl)c1. The number of benzene rings is 1. The largest absolute Gasteiger partial charge is 0.354 e. The molecule has 0 unspecified atom stereocenters. The molecular weight excluding hydrogens is 298 g/mol. The summed E-state index contributed by atoms with van der Waals surface area (Å²) in [6.07, 6.45) is 1.86. The quantitative estimate of drug-likeness (QED) is 0.472. The molecule has 2 N–H and O–H groups in total. The van der Waals surface area contributed by atoms with Crippen molar-refractivity contribution in [2.45, 2.75) is 12.8 Å². The van der Waals surface area contributed by atoms with Crippen molar-refractivity contribution < 1.29 is 14.5 Å². The molecule has 0 aromatic heterocycles. The molecule has 1 aromatic carbocycles. The first-order valence-corrected chi connectivity index (χ1v) is 6.86. The monoisotopic (exact) mass is 311 g/mol. The van der Waals surface area contributed by atoms with E-state index in [-0.39, 0.29) is 34.6 Å². The van der Waals surface area contributed by atoms with Gasteiger partial charge in [-0.05, 0) is 25.0 Å². The zero-order valence-electron chi connectivity index (χ0n) is 11.1. The summed E-state index contributed by atoms with van der Waals surface area (Å²) in [6, 6.07) is 3.77. The summed E-state index contributed by atoms with van der Waals surface area (Å²) in [4.78, 5) is 33.2. The average molecular weight is 312 g/mol.